The van der Waals surface area contributed by atoms with Gasteiger partial charge in [-0.05, 0) is 38.1 Å². The summed E-state index contributed by atoms with van der Waals surface area (Å²) in [5.41, 5.74) is 2.47. The van der Waals surface area contributed by atoms with Crippen molar-refractivity contribution >= 4 is 17.3 Å². The maximum atomic E-state index is 12.1. The molecule has 21 heavy (non-hydrogen) atoms. The molecule has 2 rings (SSSR count). The molecule has 0 amide bonds. The molecule has 1 N–H and O–H groups in total. The van der Waals surface area contributed by atoms with Crippen LogP contribution in [0.15, 0.2) is 24.3 Å². The minimum Gasteiger partial charge on any atom is -0.435 e. The average molecular weight is 316 g/mol. The Morgan fingerprint density at radius 1 is 1.33 bits per heavy atom. The minimum atomic E-state index is -2.82. The van der Waals surface area contributed by atoms with E-state index >= 15 is 0 Å². The van der Waals surface area contributed by atoms with Gasteiger partial charge in [-0.2, -0.15) is 13.9 Å². The van der Waals surface area contributed by atoms with Crippen LogP contribution in [0.1, 0.15) is 18.3 Å². The predicted octanol–water partition coefficient (Wildman–Crippen LogP) is 4.08. The molecule has 0 atom stereocenters. The van der Waals surface area contributed by atoms with Crippen molar-refractivity contribution in [3.63, 3.8) is 0 Å². The number of benzene rings is 1. The Hall–Kier alpha value is -1.82. The van der Waals surface area contributed by atoms with E-state index in [4.69, 9.17) is 11.6 Å². The second-order valence-corrected chi connectivity index (χ2v) is 4.80. The normalized spacial score (nSPS) is 11.0. The van der Waals surface area contributed by atoms with Gasteiger partial charge in [-0.1, -0.05) is 11.6 Å². The summed E-state index contributed by atoms with van der Waals surface area (Å²) < 4.78 is 30.2. The molecule has 1 heterocycles. The van der Waals surface area contributed by atoms with Crippen LogP contribution in [0.4, 0.5) is 14.5 Å². The molecule has 0 aliphatic rings. The van der Waals surface area contributed by atoms with Gasteiger partial charge in [0.25, 0.3) is 0 Å². The summed E-state index contributed by atoms with van der Waals surface area (Å²) in [6.45, 7) is 2.26. The summed E-state index contributed by atoms with van der Waals surface area (Å²) in [5, 5.41) is 8.15. The summed E-state index contributed by atoms with van der Waals surface area (Å²) >= 11 is 6.21. The van der Waals surface area contributed by atoms with Crippen LogP contribution >= 0.6 is 11.6 Å². The van der Waals surface area contributed by atoms with Crippen LogP contribution in [-0.4, -0.2) is 16.4 Å². The van der Waals surface area contributed by atoms with Gasteiger partial charge in [0.15, 0.2) is 0 Å². The fraction of sp³-hybridized carbons (Fsp3) is 0.357. The monoisotopic (exact) mass is 315 g/mol. The molecule has 0 fully saturated rings. The zero-order valence-corrected chi connectivity index (χ0v) is 12.5. The SMILES string of the molecule is CCn1nc(C)c(Cl)c1CNc1ccc(OC(F)F)cc1. The Bertz CT molecular complexity index is 599. The van der Waals surface area contributed by atoms with Gasteiger partial charge in [-0.3, -0.25) is 4.68 Å². The number of alkyl halides is 2. The largest absolute Gasteiger partial charge is 0.435 e. The number of halogens is 3. The molecule has 0 bridgehead atoms. The van der Waals surface area contributed by atoms with E-state index < -0.39 is 6.61 Å². The maximum absolute atomic E-state index is 12.1. The van der Waals surface area contributed by atoms with Crippen molar-refractivity contribution in [1.82, 2.24) is 9.78 Å². The second-order valence-electron chi connectivity index (χ2n) is 4.42. The quantitative estimate of drug-likeness (QED) is 0.873. The summed E-state index contributed by atoms with van der Waals surface area (Å²) in [7, 11) is 0. The van der Waals surface area contributed by atoms with Gasteiger partial charge in [-0.15, -0.1) is 0 Å². The molecule has 0 aliphatic heterocycles. The molecule has 0 radical (unpaired) electrons. The van der Waals surface area contributed by atoms with Crippen molar-refractivity contribution in [1.29, 1.82) is 0 Å². The molecule has 114 valence electrons. The molecule has 0 unspecified atom stereocenters. The first-order valence-electron chi connectivity index (χ1n) is 6.51. The fourth-order valence-electron chi connectivity index (χ4n) is 1.98. The lowest BCUT2D eigenvalue weighted by atomic mass is 10.3. The number of rotatable bonds is 6. The lowest BCUT2D eigenvalue weighted by Gasteiger charge is -2.10. The summed E-state index contributed by atoms with van der Waals surface area (Å²) in [4.78, 5) is 0. The molecule has 4 nitrogen and oxygen atoms in total. The number of aromatic nitrogens is 2. The van der Waals surface area contributed by atoms with Crippen LogP contribution in [0, 0.1) is 6.92 Å². The molecule has 0 saturated heterocycles. The van der Waals surface area contributed by atoms with E-state index in [2.05, 4.69) is 15.2 Å². The zero-order valence-electron chi connectivity index (χ0n) is 11.7. The first-order chi connectivity index (χ1) is 10.0. The number of hydrogen-bond donors (Lipinski definition) is 1. The highest BCUT2D eigenvalue weighted by Crippen LogP contribution is 2.22. The third-order valence-electron chi connectivity index (χ3n) is 2.99. The Morgan fingerprint density at radius 3 is 2.57 bits per heavy atom. The first-order valence-corrected chi connectivity index (χ1v) is 6.89. The minimum absolute atomic E-state index is 0.128. The van der Waals surface area contributed by atoms with Crippen LogP contribution < -0.4 is 10.1 Å². The summed E-state index contributed by atoms with van der Waals surface area (Å²) in [6, 6.07) is 6.31. The molecule has 1 aromatic heterocycles. The van der Waals surface area contributed by atoms with Crippen molar-refractivity contribution < 1.29 is 13.5 Å². The van der Waals surface area contributed by atoms with Crippen molar-refractivity contribution in [2.75, 3.05) is 5.32 Å². The Kier molecular flexibility index (Phi) is 5.01. The van der Waals surface area contributed by atoms with Gasteiger partial charge in [0.2, 0.25) is 0 Å². The van der Waals surface area contributed by atoms with E-state index in [1.54, 1.807) is 12.1 Å². The number of hydrogen-bond acceptors (Lipinski definition) is 3. The Labute approximate surface area is 126 Å². The molecule has 7 heteroatoms. The maximum Gasteiger partial charge on any atom is 0.387 e. The van der Waals surface area contributed by atoms with Gasteiger partial charge >= 0.3 is 6.61 Å². The highest BCUT2D eigenvalue weighted by molar-refractivity contribution is 6.31. The van der Waals surface area contributed by atoms with Crippen molar-refractivity contribution in [2.45, 2.75) is 33.5 Å². The number of nitrogens with one attached hydrogen (secondary N) is 1. The summed E-state index contributed by atoms with van der Waals surface area (Å²) in [6.07, 6.45) is 0. The molecular weight excluding hydrogens is 300 g/mol. The first kappa shape index (κ1) is 15.6. The topological polar surface area (TPSA) is 39.1 Å². The van der Waals surface area contributed by atoms with Crippen LogP contribution in [0.2, 0.25) is 5.02 Å². The van der Waals surface area contributed by atoms with Gasteiger partial charge in [0.1, 0.15) is 5.75 Å². The molecule has 1 aromatic carbocycles. The lowest BCUT2D eigenvalue weighted by Crippen LogP contribution is -2.08. The third-order valence-corrected chi connectivity index (χ3v) is 3.48. The Balaban J connectivity index is 2.03. The highest BCUT2D eigenvalue weighted by Gasteiger charge is 2.12. The predicted molar refractivity (Wildman–Crippen MR) is 78.0 cm³/mol. The van der Waals surface area contributed by atoms with Crippen LogP contribution in [0.25, 0.3) is 0 Å². The smallest absolute Gasteiger partial charge is 0.387 e. The average Bonchev–Trinajstić information content (AvgIpc) is 2.73. The number of aryl methyl sites for hydroxylation is 2. The fourth-order valence-corrected chi connectivity index (χ4v) is 2.18. The molecule has 0 spiro atoms. The number of nitrogens with zero attached hydrogens (tertiary/aromatic N) is 2. The van der Waals surface area contributed by atoms with Crippen LogP contribution in [0.5, 0.6) is 5.75 Å². The third kappa shape index (κ3) is 3.85. The van der Waals surface area contributed by atoms with Crippen molar-refractivity contribution in [3.05, 3.63) is 40.7 Å². The standard InChI is InChI=1S/C14H16ClF2N3O/c1-3-20-12(13(15)9(2)19-20)8-18-10-4-6-11(7-5-10)21-14(16)17/h4-7,14,18H,3,8H2,1-2H3. The molecule has 2 aromatic rings. The van der Waals surface area contributed by atoms with E-state index in [0.717, 1.165) is 23.6 Å². The van der Waals surface area contributed by atoms with Gasteiger partial charge in [-0.25, -0.2) is 0 Å². The van der Waals surface area contributed by atoms with Crippen LogP contribution in [0.3, 0.4) is 0 Å². The van der Waals surface area contributed by atoms with Crippen molar-refractivity contribution in [2.24, 2.45) is 0 Å². The van der Waals surface area contributed by atoms with E-state index in [0.29, 0.717) is 11.6 Å². The van der Waals surface area contributed by atoms with Crippen LogP contribution in [-0.2, 0) is 13.1 Å². The number of ether oxygens (including phenoxy) is 1. The van der Waals surface area contributed by atoms with E-state index in [1.807, 2.05) is 18.5 Å². The van der Waals surface area contributed by atoms with Gasteiger partial charge < -0.3 is 10.1 Å². The number of anilines is 1. The van der Waals surface area contributed by atoms with Crippen molar-refractivity contribution in [3.8, 4) is 5.75 Å². The Morgan fingerprint density at radius 2 is 2.00 bits per heavy atom. The van der Waals surface area contributed by atoms with E-state index in [-0.39, 0.29) is 5.75 Å². The zero-order chi connectivity index (χ0) is 15.4. The lowest BCUT2D eigenvalue weighted by molar-refractivity contribution is -0.0498. The highest BCUT2D eigenvalue weighted by atomic mass is 35.5. The van der Waals surface area contributed by atoms with E-state index in [1.165, 1.54) is 12.1 Å². The van der Waals surface area contributed by atoms with Gasteiger partial charge in [0.05, 0.1) is 23.0 Å². The molecule has 0 aliphatic carbocycles. The van der Waals surface area contributed by atoms with E-state index in [9.17, 15) is 8.78 Å². The molecular formula is C14H16ClF2N3O. The van der Waals surface area contributed by atoms with Gasteiger partial charge in [0, 0.05) is 12.2 Å². The molecule has 0 saturated carbocycles. The second kappa shape index (κ2) is 6.76. The summed E-state index contributed by atoms with van der Waals surface area (Å²) in [5.74, 6) is 0.128.